The number of furan rings is 1. The first-order valence-corrected chi connectivity index (χ1v) is 12.4. The molecule has 0 spiro atoms. The van der Waals surface area contributed by atoms with Gasteiger partial charge in [0.15, 0.2) is 16.7 Å². The normalized spacial score (nSPS) is 16.5. The number of rotatable bonds is 5. The van der Waals surface area contributed by atoms with Crippen LogP contribution in [0.3, 0.4) is 0 Å². The number of aromatic nitrogens is 1. The highest BCUT2D eigenvalue weighted by atomic mass is 32.1. The van der Waals surface area contributed by atoms with Crippen molar-refractivity contribution in [3.63, 3.8) is 0 Å². The highest BCUT2D eigenvalue weighted by molar-refractivity contribution is 7.22. The second-order valence-corrected chi connectivity index (χ2v) is 10.7. The van der Waals surface area contributed by atoms with Crippen molar-refractivity contribution in [2.45, 2.75) is 45.6 Å². The number of carbonyl (C=O) groups is 2. The Morgan fingerprint density at radius 2 is 1.89 bits per heavy atom. The SMILES string of the molecule is CCc1ccc2nc(N3C(=O)C(O)=C(C(=O)c4ccco4)C3c3ccc(C(C)(C)C)cc3)sc2c1. The molecule has 0 bridgehead atoms. The summed E-state index contributed by atoms with van der Waals surface area (Å²) >= 11 is 1.37. The maximum absolute atomic E-state index is 13.4. The Kier molecular flexibility index (Phi) is 5.60. The molecule has 1 aliphatic heterocycles. The number of aryl methyl sites for hydroxylation is 1. The second-order valence-electron chi connectivity index (χ2n) is 9.67. The van der Waals surface area contributed by atoms with E-state index < -0.39 is 23.5 Å². The number of carbonyl (C=O) groups excluding carboxylic acids is 2. The zero-order valence-corrected chi connectivity index (χ0v) is 20.8. The van der Waals surface area contributed by atoms with Crippen LogP contribution in [0.2, 0.25) is 0 Å². The van der Waals surface area contributed by atoms with Crippen LogP contribution in [0.25, 0.3) is 10.2 Å². The van der Waals surface area contributed by atoms with E-state index >= 15 is 0 Å². The third-order valence-corrected chi connectivity index (χ3v) is 7.36. The van der Waals surface area contributed by atoms with Crippen LogP contribution in [0, 0.1) is 0 Å². The predicted octanol–water partition coefficient (Wildman–Crippen LogP) is 6.53. The van der Waals surface area contributed by atoms with E-state index in [1.165, 1.54) is 34.1 Å². The summed E-state index contributed by atoms with van der Waals surface area (Å²) in [5.41, 5.74) is 3.70. The minimum atomic E-state index is -0.833. The van der Waals surface area contributed by atoms with E-state index in [1.807, 2.05) is 36.4 Å². The summed E-state index contributed by atoms with van der Waals surface area (Å²) in [6.45, 7) is 8.45. The van der Waals surface area contributed by atoms with Crippen LogP contribution < -0.4 is 4.90 Å². The van der Waals surface area contributed by atoms with Gasteiger partial charge in [-0.3, -0.25) is 14.5 Å². The first kappa shape index (κ1) is 23.1. The average Bonchev–Trinajstić information content (AvgIpc) is 3.56. The van der Waals surface area contributed by atoms with E-state index in [4.69, 9.17) is 9.40 Å². The third-order valence-electron chi connectivity index (χ3n) is 6.35. The molecule has 0 saturated carbocycles. The number of nitrogens with zero attached hydrogens (tertiary/aromatic N) is 2. The van der Waals surface area contributed by atoms with E-state index in [1.54, 1.807) is 6.07 Å². The molecule has 4 aromatic rings. The van der Waals surface area contributed by atoms with E-state index in [-0.39, 0.29) is 16.7 Å². The average molecular weight is 487 g/mol. The lowest BCUT2D eigenvalue weighted by atomic mass is 9.85. The maximum Gasteiger partial charge on any atom is 0.296 e. The molecular weight excluding hydrogens is 460 g/mol. The topological polar surface area (TPSA) is 83.6 Å². The van der Waals surface area contributed by atoms with E-state index in [9.17, 15) is 14.7 Å². The smallest absolute Gasteiger partial charge is 0.296 e. The first-order valence-electron chi connectivity index (χ1n) is 11.5. The minimum Gasteiger partial charge on any atom is -0.503 e. The molecule has 3 heterocycles. The third kappa shape index (κ3) is 3.96. The number of aliphatic hydroxyl groups excluding tert-OH is 1. The van der Waals surface area contributed by atoms with E-state index in [0.29, 0.717) is 10.7 Å². The van der Waals surface area contributed by atoms with Crippen molar-refractivity contribution in [1.82, 2.24) is 4.98 Å². The van der Waals surface area contributed by atoms with Gasteiger partial charge in [0.25, 0.3) is 5.91 Å². The number of hydrogen-bond acceptors (Lipinski definition) is 6. The molecule has 1 N–H and O–H groups in total. The molecule has 0 aliphatic carbocycles. The molecule has 178 valence electrons. The summed E-state index contributed by atoms with van der Waals surface area (Å²) in [4.78, 5) is 32.9. The van der Waals surface area contributed by atoms with Crippen molar-refractivity contribution < 1.29 is 19.1 Å². The van der Waals surface area contributed by atoms with Gasteiger partial charge >= 0.3 is 0 Å². The van der Waals surface area contributed by atoms with Crippen LogP contribution in [0.4, 0.5) is 5.13 Å². The van der Waals surface area contributed by atoms with Gasteiger partial charge in [0, 0.05) is 0 Å². The van der Waals surface area contributed by atoms with Gasteiger partial charge in [-0.2, -0.15) is 0 Å². The summed E-state index contributed by atoms with van der Waals surface area (Å²) in [5, 5.41) is 11.4. The molecule has 1 aliphatic rings. The van der Waals surface area contributed by atoms with Crippen LogP contribution in [0.5, 0.6) is 0 Å². The molecule has 1 atom stereocenters. The Bertz CT molecular complexity index is 1460. The number of hydrogen-bond donors (Lipinski definition) is 1. The molecule has 0 saturated heterocycles. The maximum atomic E-state index is 13.4. The zero-order chi connectivity index (χ0) is 24.9. The minimum absolute atomic E-state index is 0.0121. The lowest BCUT2D eigenvalue weighted by Gasteiger charge is -2.25. The lowest BCUT2D eigenvalue weighted by Crippen LogP contribution is -2.31. The number of ketones is 1. The van der Waals surface area contributed by atoms with Gasteiger partial charge in [-0.1, -0.05) is 69.4 Å². The van der Waals surface area contributed by atoms with E-state index in [0.717, 1.165) is 22.2 Å². The number of amides is 1. The van der Waals surface area contributed by atoms with Crippen molar-refractivity contribution in [1.29, 1.82) is 0 Å². The van der Waals surface area contributed by atoms with Crippen LogP contribution >= 0.6 is 11.3 Å². The fourth-order valence-corrected chi connectivity index (χ4v) is 5.39. The number of benzene rings is 2. The molecule has 2 aromatic carbocycles. The molecule has 1 amide bonds. The van der Waals surface area contributed by atoms with Gasteiger partial charge in [0.1, 0.15) is 0 Å². The molecule has 5 rings (SSSR count). The lowest BCUT2D eigenvalue weighted by molar-refractivity contribution is -0.117. The van der Waals surface area contributed by atoms with Gasteiger partial charge < -0.3 is 9.52 Å². The molecule has 1 unspecified atom stereocenters. The largest absolute Gasteiger partial charge is 0.503 e. The number of aliphatic hydroxyl groups is 1. The number of Topliss-reactive ketones (excluding diaryl/α,β-unsaturated/α-hetero) is 1. The molecule has 0 fully saturated rings. The molecule has 7 heteroatoms. The van der Waals surface area contributed by atoms with Crippen molar-refractivity contribution in [3.8, 4) is 0 Å². The zero-order valence-electron chi connectivity index (χ0n) is 20.0. The van der Waals surface area contributed by atoms with Gasteiger partial charge in [-0.05, 0) is 52.8 Å². The first-order chi connectivity index (χ1) is 16.7. The number of anilines is 1. The fraction of sp³-hybridized carbons (Fsp3) is 0.250. The van der Waals surface area contributed by atoms with Crippen molar-refractivity contribution >= 4 is 38.4 Å². The monoisotopic (exact) mass is 486 g/mol. The van der Waals surface area contributed by atoms with Crippen LogP contribution in [-0.2, 0) is 16.6 Å². The van der Waals surface area contributed by atoms with Crippen LogP contribution in [0.1, 0.15) is 61.0 Å². The van der Waals surface area contributed by atoms with Gasteiger partial charge in [-0.15, -0.1) is 0 Å². The molecule has 6 nitrogen and oxygen atoms in total. The Morgan fingerprint density at radius 1 is 1.14 bits per heavy atom. The molecule has 35 heavy (non-hydrogen) atoms. The predicted molar refractivity (Wildman–Crippen MR) is 137 cm³/mol. The molecule has 2 aromatic heterocycles. The highest BCUT2D eigenvalue weighted by Gasteiger charge is 2.46. The quantitative estimate of drug-likeness (QED) is 0.324. The Labute approximate surface area is 207 Å². The van der Waals surface area contributed by atoms with Gasteiger partial charge in [0.05, 0.1) is 28.1 Å². The standard InChI is InChI=1S/C28H26N2O4S/c1-5-16-8-13-19-21(15-16)35-27(29-19)30-23(17-9-11-18(12-10-17)28(2,3)4)22(25(32)26(30)33)24(31)20-7-6-14-34-20/h6-15,23,32H,5H2,1-4H3. The van der Waals surface area contributed by atoms with Crippen molar-refractivity contribution in [3.05, 3.63) is 94.6 Å². The van der Waals surface area contributed by atoms with Gasteiger partial charge in [-0.25, -0.2) is 4.98 Å². The van der Waals surface area contributed by atoms with E-state index in [2.05, 4.69) is 33.8 Å². The molecular formula is C28H26N2O4S. The number of thiazole rings is 1. The summed E-state index contributed by atoms with van der Waals surface area (Å²) in [7, 11) is 0. The Hall–Kier alpha value is -3.71. The highest BCUT2D eigenvalue weighted by Crippen LogP contribution is 2.44. The molecule has 0 radical (unpaired) electrons. The summed E-state index contributed by atoms with van der Waals surface area (Å²) in [6, 6.07) is 16.1. The van der Waals surface area contributed by atoms with Crippen LogP contribution in [-0.4, -0.2) is 21.8 Å². The Balaban J connectivity index is 1.66. The van der Waals surface area contributed by atoms with Crippen molar-refractivity contribution in [2.75, 3.05) is 4.90 Å². The Morgan fingerprint density at radius 3 is 2.51 bits per heavy atom. The summed E-state index contributed by atoms with van der Waals surface area (Å²) < 4.78 is 6.26. The second kappa shape index (κ2) is 8.50. The summed E-state index contributed by atoms with van der Waals surface area (Å²) in [5.74, 6) is -1.69. The number of fused-ring (bicyclic) bond motifs is 1. The summed E-state index contributed by atoms with van der Waals surface area (Å²) in [6.07, 6.45) is 2.28. The fourth-order valence-electron chi connectivity index (χ4n) is 4.34. The van der Waals surface area contributed by atoms with Gasteiger partial charge in [0.2, 0.25) is 5.78 Å². The van der Waals surface area contributed by atoms with Crippen LogP contribution in [0.15, 0.2) is 76.6 Å². The van der Waals surface area contributed by atoms with Crippen molar-refractivity contribution in [2.24, 2.45) is 0 Å².